The molecule has 0 aromatic rings. The van der Waals surface area contributed by atoms with Crippen molar-refractivity contribution in [2.24, 2.45) is 0 Å². The van der Waals surface area contributed by atoms with Gasteiger partial charge in [0.2, 0.25) is 0 Å². The standard InChI is InChI=1S/C13H26N2O3/c1-13(2,3)18-12(17)11-8-10(14(4)5)6-7-15(11)9-16/h10-11,16H,6-9H2,1-5H3. The van der Waals surface area contributed by atoms with E-state index in [4.69, 9.17) is 4.74 Å². The number of carbonyl (C=O) groups excluding carboxylic acids is 1. The van der Waals surface area contributed by atoms with Crippen molar-refractivity contribution in [3.8, 4) is 0 Å². The highest BCUT2D eigenvalue weighted by molar-refractivity contribution is 5.76. The number of hydrogen-bond acceptors (Lipinski definition) is 5. The maximum absolute atomic E-state index is 12.2. The van der Waals surface area contributed by atoms with Crippen molar-refractivity contribution >= 4 is 5.97 Å². The number of hydrogen-bond donors (Lipinski definition) is 1. The van der Waals surface area contributed by atoms with Crippen LogP contribution in [0.5, 0.6) is 0 Å². The molecule has 0 aromatic carbocycles. The molecular weight excluding hydrogens is 232 g/mol. The smallest absolute Gasteiger partial charge is 0.324 e. The van der Waals surface area contributed by atoms with Crippen LogP contribution in [0.1, 0.15) is 33.6 Å². The number of carbonyl (C=O) groups is 1. The molecule has 1 fully saturated rings. The van der Waals surface area contributed by atoms with Crippen LogP contribution < -0.4 is 0 Å². The average Bonchev–Trinajstić information content (AvgIpc) is 2.25. The number of aliphatic hydroxyl groups is 1. The van der Waals surface area contributed by atoms with Crippen LogP contribution in [0.3, 0.4) is 0 Å². The van der Waals surface area contributed by atoms with Crippen LogP contribution in [0.25, 0.3) is 0 Å². The molecule has 0 aliphatic carbocycles. The Hall–Kier alpha value is -0.650. The van der Waals surface area contributed by atoms with E-state index in [-0.39, 0.29) is 18.7 Å². The molecule has 1 saturated heterocycles. The summed E-state index contributed by atoms with van der Waals surface area (Å²) in [4.78, 5) is 16.1. The van der Waals surface area contributed by atoms with Gasteiger partial charge in [0.1, 0.15) is 11.6 Å². The molecule has 1 N–H and O–H groups in total. The van der Waals surface area contributed by atoms with E-state index in [1.54, 1.807) is 4.90 Å². The van der Waals surface area contributed by atoms with Gasteiger partial charge in [0.05, 0.1) is 6.73 Å². The first-order valence-electron chi connectivity index (χ1n) is 6.49. The fourth-order valence-corrected chi connectivity index (χ4v) is 2.25. The summed E-state index contributed by atoms with van der Waals surface area (Å²) in [6.45, 7) is 6.22. The molecule has 0 spiro atoms. The third-order valence-electron chi connectivity index (χ3n) is 3.28. The quantitative estimate of drug-likeness (QED) is 0.754. The summed E-state index contributed by atoms with van der Waals surface area (Å²) < 4.78 is 5.43. The van der Waals surface area contributed by atoms with Crippen molar-refractivity contribution in [1.29, 1.82) is 0 Å². The fraction of sp³-hybridized carbons (Fsp3) is 0.923. The number of esters is 1. The molecule has 5 heteroatoms. The summed E-state index contributed by atoms with van der Waals surface area (Å²) in [6.07, 6.45) is 1.68. The van der Waals surface area contributed by atoms with E-state index >= 15 is 0 Å². The molecule has 2 unspecified atom stereocenters. The van der Waals surface area contributed by atoms with Gasteiger partial charge < -0.3 is 14.7 Å². The second-order valence-electron chi connectivity index (χ2n) is 6.14. The van der Waals surface area contributed by atoms with Crippen LogP contribution >= 0.6 is 0 Å². The molecule has 0 bridgehead atoms. The lowest BCUT2D eigenvalue weighted by molar-refractivity contribution is -0.165. The first kappa shape index (κ1) is 15.4. The van der Waals surface area contributed by atoms with Crippen LogP contribution in [0.4, 0.5) is 0 Å². The normalized spacial score (nSPS) is 26.4. The van der Waals surface area contributed by atoms with Crippen LogP contribution in [-0.2, 0) is 9.53 Å². The van der Waals surface area contributed by atoms with Crippen LogP contribution in [0, 0.1) is 0 Å². The second-order valence-corrected chi connectivity index (χ2v) is 6.14. The summed E-state index contributed by atoms with van der Waals surface area (Å²) in [6, 6.07) is 0.0284. The van der Waals surface area contributed by atoms with Crippen LogP contribution in [0.15, 0.2) is 0 Å². The molecular formula is C13H26N2O3. The van der Waals surface area contributed by atoms with Gasteiger partial charge >= 0.3 is 5.97 Å². The Labute approximate surface area is 110 Å². The predicted molar refractivity (Wildman–Crippen MR) is 70.1 cm³/mol. The monoisotopic (exact) mass is 258 g/mol. The summed E-state index contributed by atoms with van der Waals surface area (Å²) in [5.74, 6) is -0.233. The third-order valence-corrected chi connectivity index (χ3v) is 3.28. The van der Waals surface area contributed by atoms with Gasteiger partial charge in [-0.3, -0.25) is 9.69 Å². The highest BCUT2D eigenvalue weighted by atomic mass is 16.6. The minimum absolute atomic E-state index is 0.0932. The summed E-state index contributed by atoms with van der Waals surface area (Å²) in [7, 11) is 4.04. The minimum atomic E-state index is -0.483. The van der Waals surface area contributed by atoms with Crippen molar-refractivity contribution < 1.29 is 14.6 Å². The van der Waals surface area contributed by atoms with E-state index in [0.717, 1.165) is 13.0 Å². The van der Waals surface area contributed by atoms with Crippen molar-refractivity contribution in [2.75, 3.05) is 27.4 Å². The Kier molecular flexibility index (Phi) is 5.13. The molecule has 1 rings (SSSR count). The minimum Gasteiger partial charge on any atom is -0.459 e. The van der Waals surface area contributed by atoms with Crippen molar-refractivity contribution in [2.45, 2.75) is 51.3 Å². The van der Waals surface area contributed by atoms with Crippen molar-refractivity contribution in [3.05, 3.63) is 0 Å². The number of nitrogens with zero attached hydrogens (tertiary/aromatic N) is 2. The first-order valence-corrected chi connectivity index (χ1v) is 6.49. The number of aliphatic hydroxyl groups excluding tert-OH is 1. The van der Waals surface area contributed by atoms with E-state index < -0.39 is 5.60 Å². The van der Waals surface area contributed by atoms with Crippen molar-refractivity contribution in [1.82, 2.24) is 9.80 Å². The summed E-state index contributed by atoms with van der Waals surface area (Å²) in [5, 5.41) is 9.34. The molecule has 18 heavy (non-hydrogen) atoms. The van der Waals surface area contributed by atoms with E-state index in [0.29, 0.717) is 12.5 Å². The maximum atomic E-state index is 12.2. The number of piperidine rings is 1. The van der Waals surface area contributed by atoms with E-state index in [2.05, 4.69) is 4.90 Å². The molecule has 1 aliphatic rings. The van der Waals surface area contributed by atoms with E-state index in [9.17, 15) is 9.90 Å². The lowest BCUT2D eigenvalue weighted by Crippen LogP contribution is -2.53. The largest absolute Gasteiger partial charge is 0.459 e. The van der Waals surface area contributed by atoms with Gasteiger partial charge in [0.15, 0.2) is 0 Å². The zero-order chi connectivity index (χ0) is 13.9. The number of likely N-dealkylation sites (tertiary alicyclic amines) is 1. The molecule has 0 amide bonds. The Balaban J connectivity index is 2.71. The number of ether oxygens (including phenoxy) is 1. The summed E-state index contributed by atoms with van der Waals surface area (Å²) >= 11 is 0. The first-order chi connectivity index (χ1) is 8.24. The van der Waals surface area contributed by atoms with Gasteiger partial charge in [0.25, 0.3) is 0 Å². The topological polar surface area (TPSA) is 53.0 Å². The Morgan fingerprint density at radius 3 is 2.50 bits per heavy atom. The molecule has 106 valence electrons. The number of rotatable bonds is 3. The van der Waals surface area contributed by atoms with Crippen LogP contribution in [-0.4, -0.2) is 65.9 Å². The summed E-state index contributed by atoms with van der Waals surface area (Å²) in [5.41, 5.74) is -0.483. The Bertz CT molecular complexity index is 286. The lowest BCUT2D eigenvalue weighted by atomic mass is 9.96. The molecule has 0 radical (unpaired) electrons. The Morgan fingerprint density at radius 2 is 2.06 bits per heavy atom. The average molecular weight is 258 g/mol. The van der Waals surface area contributed by atoms with Gasteiger partial charge in [-0.15, -0.1) is 0 Å². The lowest BCUT2D eigenvalue weighted by Gasteiger charge is -2.40. The van der Waals surface area contributed by atoms with E-state index in [1.807, 2.05) is 34.9 Å². The van der Waals surface area contributed by atoms with Gasteiger partial charge in [-0.25, -0.2) is 0 Å². The molecule has 0 saturated carbocycles. The molecule has 1 aliphatic heterocycles. The Morgan fingerprint density at radius 1 is 1.44 bits per heavy atom. The zero-order valence-corrected chi connectivity index (χ0v) is 12.1. The van der Waals surface area contributed by atoms with Gasteiger partial charge in [0, 0.05) is 12.6 Å². The van der Waals surface area contributed by atoms with Gasteiger partial charge in [-0.05, 0) is 47.7 Å². The van der Waals surface area contributed by atoms with E-state index in [1.165, 1.54) is 0 Å². The zero-order valence-electron chi connectivity index (χ0n) is 12.1. The predicted octanol–water partition coefficient (Wildman–Crippen LogP) is 0.672. The second kappa shape index (κ2) is 5.99. The molecule has 1 heterocycles. The van der Waals surface area contributed by atoms with Crippen molar-refractivity contribution in [3.63, 3.8) is 0 Å². The SMILES string of the molecule is CN(C)C1CCN(CO)C(C(=O)OC(C)(C)C)C1. The molecule has 2 atom stereocenters. The molecule has 5 nitrogen and oxygen atoms in total. The fourth-order valence-electron chi connectivity index (χ4n) is 2.25. The highest BCUT2D eigenvalue weighted by Crippen LogP contribution is 2.22. The highest BCUT2D eigenvalue weighted by Gasteiger charge is 2.36. The van der Waals surface area contributed by atoms with Crippen LogP contribution in [0.2, 0.25) is 0 Å². The third kappa shape index (κ3) is 4.23. The van der Waals surface area contributed by atoms with Gasteiger partial charge in [-0.1, -0.05) is 0 Å². The molecule has 0 aromatic heterocycles. The maximum Gasteiger partial charge on any atom is 0.324 e. The van der Waals surface area contributed by atoms with Gasteiger partial charge in [-0.2, -0.15) is 0 Å².